The normalized spacial score (nSPS) is 10.8. The van der Waals surface area contributed by atoms with E-state index >= 15 is 0 Å². The molecular weight excluding hydrogens is 328 g/mol. The van der Waals surface area contributed by atoms with Crippen LogP contribution in [0.4, 0.5) is 11.6 Å². The van der Waals surface area contributed by atoms with Crippen molar-refractivity contribution in [1.29, 1.82) is 0 Å². The van der Waals surface area contributed by atoms with Gasteiger partial charge in [-0.2, -0.15) is 4.98 Å². The molecule has 4 rings (SSSR count). The van der Waals surface area contributed by atoms with Crippen molar-refractivity contribution in [2.45, 2.75) is 6.42 Å². The van der Waals surface area contributed by atoms with Crippen LogP contribution in [0.15, 0.2) is 67.0 Å². The van der Waals surface area contributed by atoms with Crippen LogP contribution < -0.4 is 11.1 Å². The molecule has 26 heavy (non-hydrogen) atoms. The van der Waals surface area contributed by atoms with Crippen molar-refractivity contribution in [3.63, 3.8) is 0 Å². The lowest BCUT2D eigenvalue weighted by Crippen LogP contribution is -2.14. The summed E-state index contributed by atoms with van der Waals surface area (Å²) in [5.41, 5.74) is 9.54. The number of benzene rings is 2. The fourth-order valence-corrected chi connectivity index (χ4v) is 2.67. The first-order chi connectivity index (χ1) is 12.7. The number of anilines is 2. The van der Waals surface area contributed by atoms with Gasteiger partial charge >= 0.3 is 0 Å². The quantitative estimate of drug-likeness (QED) is 0.593. The van der Waals surface area contributed by atoms with Crippen molar-refractivity contribution in [1.82, 2.24) is 19.6 Å². The van der Waals surface area contributed by atoms with Gasteiger partial charge in [-0.3, -0.25) is 9.78 Å². The zero-order valence-electron chi connectivity index (χ0n) is 13.8. The summed E-state index contributed by atoms with van der Waals surface area (Å²) >= 11 is 0. The van der Waals surface area contributed by atoms with Crippen LogP contribution in [0.3, 0.4) is 0 Å². The average molecular weight is 344 g/mol. The van der Waals surface area contributed by atoms with Crippen LogP contribution in [-0.2, 0) is 11.2 Å². The van der Waals surface area contributed by atoms with Gasteiger partial charge in [-0.25, -0.2) is 4.52 Å². The molecule has 2 aromatic carbocycles. The van der Waals surface area contributed by atoms with E-state index in [9.17, 15) is 4.79 Å². The third-order valence-corrected chi connectivity index (χ3v) is 3.91. The molecule has 0 atom stereocenters. The second kappa shape index (κ2) is 6.64. The number of hydrogen-bond acceptors (Lipinski definition) is 5. The standard InChI is InChI=1S/C19H16N6O/c20-19-23-17-11-21-16(12-25(17)24-19)14-6-8-15(9-7-14)22-18(26)10-13-4-2-1-3-5-13/h1-9,11-12H,10H2,(H2,20,24)(H,22,26). The lowest BCUT2D eigenvalue weighted by atomic mass is 10.1. The average Bonchev–Trinajstić information content (AvgIpc) is 3.02. The molecule has 128 valence electrons. The largest absolute Gasteiger partial charge is 0.366 e. The predicted octanol–water partition coefficient (Wildman–Crippen LogP) is 2.55. The van der Waals surface area contributed by atoms with E-state index in [1.165, 1.54) is 0 Å². The van der Waals surface area contributed by atoms with Crippen molar-refractivity contribution in [2.24, 2.45) is 0 Å². The third kappa shape index (κ3) is 3.36. The third-order valence-electron chi connectivity index (χ3n) is 3.91. The van der Waals surface area contributed by atoms with Crippen LogP contribution in [0.1, 0.15) is 5.56 Å². The van der Waals surface area contributed by atoms with E-state index in [0.29, 0.717) is 12.1 Å². The Morgan fingerprint density at radius 2 is 1.85 bits per heavy atom. The maximum absolute atomic E-state index is 12.1. The summed E-state index contributed by atoms with van der Waals surface area (Å²) in [7, 11) is 0. The molecule has 2 heterocycles. The maximum Gasteiger partial charge on any atom is 0.240 e. The Labute approximate surface area is 149 Å². The first-order valence-electron chi connectivity index (χ1n) is 8.09. The Morgan fingerprint density at radius 1 is 1.08 bits per heavy atom. The minimum absolute atomic E-state index is 0.0541. The number of aromatic nitrogens is 4. The summed E-state index contributed by atoms with van der Waals surface area (Å²) in [4.78, 5) is 20.6. The number of amides is 1. The number of carbonyl (C=O) groups is 1. The van der Waals surface area contributed by atoms with E-state index in [1.54, 1.807) is 16.9 Å². The van der Waals surface area contributed by atoms with E-state index < -0.39 is 0 Å². The number of nitrogens with two attached hydrogens (primary N) is 1. The maximum atomic E-state index is 12.1. The Balaban J connectivity index is 1.48. The van der Waals surface area contributed by atoms with Crippen LogP contribution >= 0.6 is 0 Å². The second-order valence-electron chi connectivity index (χ2n) is 5.83. The molecule has 0 bridgehead atoms. The molecule has 1 amide bonds. The molecule has 2 aromatic heterocycles. The van der Waals surface area contributed by atoms with E-state index in [2.05, 4.69) is 20.4 Å². The Kier molecular flexibility index (Phi) is 4.03. The van der Waals surface area contributed by atoms with Gasteiger partial charge in [-0.05, 0) is 17.7 Å². The molecule has 0 aliphatic carbocycles. The van der Waals surface area contributed by atoms with Crippen molar-refractivity contribution in [3.8, 4) is 11.3 Å². The number of hydrogen-bond donors (Lipinski definition) is 2. The summed E-state index contributed by atoms with van der Waals surface area (Å²) in [6.45, 7) is 0. The van der Waals surface area contributed by atoms with Crippen LogP contribution in [-0.4, -0.2) is 25.5 Å². The number of carbonyl (C=O) groups excluding carboxylic acids is 1. The topological polar surface area (TPSA) is 98.2 Å². The van der Waals surface area contributed by atoms with Crippen LogP contribution in [0.2, 0.25) is 0 Å². The van der Waals surface area contributed by atoms with E-state index in [-0.39, 0.29) is 11.9 Å². The molecule has 0 unspecified atom stereocenters. The second-order valence-corrected chi connectivity index (χ2v) is 5.83. The Hall–Kier alpha value is -3.74. The Bertz CT molecular complexity index is 1060. The van der Waals surface area contributed by atoms with Gasteiger partial charge in [-0.15, -0.1) is 5.10 Å². The van der Waals surface area contributed by atoms with Crippen LogP contribution in [0, 0.1) is 0 Å². The van der Waals surface area contributed by atoms with Gasteiger partial charge in [0.15, 0.2) is 5.65 Å². The molecule has 0 fully saturated rings. The molecule has 0 radical (unpaired) electrons. The minimum atomic E-state index is -0.0541. The molecule has 4 aromatic rings. The molecule has 0 aliphatic rings. The highest BCUT2D eigenvalue weighted by molar-refractivity contribution is 5.92. The lowest BCUT2D eigenvalue weighted by Gasteiger charge is -2.07. The fraction of sp³-hybridized carbons (Fsp3) is 0.0526. The van der Waals surface area contributed by atoms with Gasteiger partial charge in [-0.1, -0.05) is 42.5 Å². The van der Waals surface area contributed by atoms with Crippen LogP contribution in [0.25, 0.3) is 16.9 Å². The molecule has 0 aliphatic heterocycles. The highest BCUT2D eigenvalue weighted by Crippen LogP contribution is 2.20. The summed E-state index contributed by atoms with van der Waals surface area (Å²) in [6, 6.07) is 17.1. The first-order valence-corrected chi connectivity index (χ1v) is 8.09. The van der Waals surface area contributed by atoms with Gasteiger partial charge in [0.25, 0.3) is 0 Å². The number of nitrogens with zero attached hydrogens (tertiary/aromatic N) is 4. The molecule has 0 saturated carbocycles. The number of nitrogen functional groups attached to an aromatic ring is 1. The molecule has 7 heteroatoms. The molecular formula is C19H16N6O. The summed E-state index contributed by atoms with van der Waals surface area (Å²) in [5, 5.41) is 6.98. The summed E-state index contributed by atoms with van der Waals surface area (Å²) in [5.74, 6) is 0.155. The molecule has 0 saturated heterocycles. The van der Waals surface area contributed by atoms with E-state index in [1.807, 2.05) is 54.6 Å². The SMILES string of the molecule is Nc1nc2cnc(-c3ccc(NC(=O)Cc4ccccc4)cc3)cn2n1. The van der Waals surface area contributed by atoms with Crippen molar-refractivity contribution in [3.05, 3.63) is 72.6 Å². The van der Waals surface area contributed by atoms with Gasteiger partial charge in [0.2, 0.25) is 11.9 Å². The number of fused-ring (bicyclic) bond motifs is 1. The van der Waals surface area contributed by atoms with E-state index in [0.717, 1.165) is 22.5 Å². The summed E-state index contributed by atoms with van der Waals surface area (Å²) in [6.07, 6.45) is 3.73. The smallest absolute Gasteiger partial charge is 0.240 e. The van der Waals surface area contributed by atoms with Gasteiger partial charge in [0, 0.05) is 11.3 Å². The predicted molar refractivity (Wildman–Crippen MR) is 99.4 cm³/mol. The monoisotopic (exact) mass is 344 g/mol. The number of rotatable bonds is 4. The number of nitrogens with one attached hydrogen (secondary N) is 1. The van der Waals surface area contributed by atoms with Gasteiger partial charge < -0.3 is 11.1 Å². The van der Waals surface area contributed by atoms with Crippen molar-refractivity contribution in [2.75, 3.05) is 11.1 Å². The van der Waals surface area contributed by atoms with Crippen LogP contribution in [0.5, 0.6) is 0 Å². The highest BCUT2D eigenvalue weighted by Gasteiger charge is 2.07. The van der Waals surface area contributed by atoms with E-state index in [4.69, 9.17) is 5.73 Å². The lowest BCUT2D eigenvalue weighted by molar-refractivity contribution is -0.115. The molecule has 3 N–H and O–H groups in total. The van der Waals surface area contributed by atoms with Crippen molar-refractivity contribution >= 4 is 23.2 Å². The minimum Gasteiger partial charge on any atom is -0.366 e. The molecule has 0 spiro atoms. The summed E-state index contributed by atoms with van der Waals surface area (Å²) < 4.78 is 1.59. The van der Waals surface area contributed by atoms with Gasteiger partial charge in [0.05, 0.1) is 24.5 Å². The zero-order chi connectivity index (χ0) is 17.9. The van der Waals surface area contributed by atoms with Crippen molar-refractivity contribution < 1.29 is 4.79 Å². The fourth-order valence-electron chi connectivity index (χ4n) is 2.67. The highest BCUT2D eigenvalue weighted by atomic mass is 16.1. The molecule has 7 nitrogen and oxygen atoms in total. The Morgan fingerprint density at radius 3 is 2.62 bits per heavy atom. The first kappa shape index (κ1) is 15.8. The zero-order valence-corrected chi connectivity index (χ0v) is 13.8. The van der Waals surface area contributed by atoms with Gasteiger partial charge in [0.1, 0.15) is 0 Å².